The molecule has 1 saturated carbocycles. The van der Waals surface area contributed by atoms with Crippen LogP contribution < -0.4 is 5.32 Å². The molecule has 1 amide bonds. The van der Waals surface area contributed by atoms with Crippen molar-refractivity contribution >= 4 is 23.0 Å². The number of nitrogens with one attached hydrogen (secondary N) is 1. The Labute approximate surface area is 171 Å². The molecule has 1 aliphatic carbocycles. The van der Waals surface area contributed by atoms with Gasteiger partial charge in [-0.3, -0.25) is 4.79 Å². The Kier molecular flexibility index (Phi) is 9.14. The molecule has 158 valence electrons. The molecule has 1 fully saturated rings. The molecule has 0 aromatic heterocycles. The quantitative estimate of drug-likeness (QED) is 0.507. The standard InChI is InChI=1S/C21H30N4O4/c1-15(19(24-27-3)16-10-6-5-7-11-16)23-29-14-17-12-8-9-13-18(17)20(25-28-4)21(26)22-2/h8-9,12-13,16H,5-7,10-11,14H2,1-4H3,(H,22,26)/b23-15+,24-19-,25-20+. The molecule has 1 aliphatic rings. The highest BCUT2D eigenvalue weighted by molar-refractivity contribution is 6.45. The summed E-state index contributed by atoms with van der Waals surface area (Å²) in [5, 5.41) is 14.9. The number of hydrogen-bond acceptors (Lipinski definition) is 7. The molecule has 2 rings (SSSR count). The molecule has 8 heteroatoms. The van der Waals surface area contributed by atoms with Gasteiger partial charge >= 0.3 is 0 Å². The van der Waals surface area contributed by atoms with Crippen LogP contribution in [0, 0.1) is 5.92 Å². The minimum absolute atomic E-state index is 0.179. The number of rotatable bonds is 9. The van der Waals surface area contributed by atoms with Crippen LogP contribution in [-0.2, 0) is 25.9 Å². The van der Waals surface area contributed by atoms with E-state index in [4.69, 9.17) is 14.5 Å². The average molecular weight is 402 g/mol. The van der Waals surface area contributed by atoms with Gasteiger partial charge in [-0.2, -0.15) is 0 Å². The predicted octanol–water partition coefficient (Wildman–Crippen LogP) is 3.26. The van der Waals surface area contributed by atoms with E-state index in [0.29, 0.717) is 17.2 Å². The van der Waals surface area contributed by atoms with Gasteiger partial charge < -0.3 is 19.8 Å². The van der Waals surface area contributed by atoms with Gasteiger partial charge in [0.05, 0.1) is 0 Å². The van der Waals surface area contributed by atoms with Gasteiger partial charge in [-0.05, 0) is 19.8 Å². The lowest BCUT2D eigenvalue weighted by Gasteiger charge is -2.22. The van der Waals surface area contributed by atoms with E-state index in [0.717, 1.165) is 24.1 Å². The molecule has 29 heavy (non-hydrogen) atoms. The maximum absolute atomic E-state index is 12.2. The van der Waals surface area contributed by atoms with E-state index in [1.165, 1.54) is 26.4 Å². The fourth-order valence-electron chi connectivity index (χ4n) is 3.46. The summed E-state index contributed by atoms with van der Waals surface area (Å²) in [6.07, 6.45) is 5.81. The fourth-order valence-corrected chi connectivity index (χ4v) is 3.46. The molecule has 0 aliphatic heterocycles. The summed E-state index contributed by atoms with van der Waals surface area (Å²) in [6.45, 7) is 2.05. The summed E-state index contributed by atoms with van der Waals surface area (Å²) in [4.78, 5) is 27.6. The van der Waals surface area contributed by atoms with E-state index < -0.39 is 0 Å². The number of amides is 1. The Hall–Kier alpha value is -2.90. The Morgan fingerprint density at radius 2 is 1.76 bits per heavy atom. The zero-order chi connectivity index (χ0) is 21.1. The maximum atomic E-state index is 12.2. The third-order valence-electron chi connectivity index (χ3n) is 4.87. The Bertz CT molecular complexity index is 768. The Balaban J connectivity index is 2.15. The van der Waals surface area contributed by atoms with Crippen molar-refractivity contribution in [2.24, 2.45) is 21.4 Å². The molecule has 0 radical (unpaired) electrons. The van der Waals surface area contributed by atoms with Crippen molar-refractivity contribution in [2.45, 2.75) is 45.6 Å². The predicted molar refractivity (Wildman–Crippen MR) is 113 cm³/mol. The Morgan fingerprint density at radius 3 is 2.41 bits per heavy atom. The van der Waals surface area contributed by atoms with Crippen molar-refractivity contribution < 1.29 is 19.3 Å². The van der Waals surface area contributed by atoms with Crippen molar-refractivity contribution in [3.05, 3.63) is 35.4 Å². The first kappa shape index (κ1) is 22.4. The average Bonchev–Trinajstić information content (AvgIpc) is 2.76. The van der Waals surface area contributed by atoms with Crippen LogP contribution in [0.2, 0.25) is 0 Å². The van der Waals surface area contributed by atoms with E-state index in [1.54, 1.807) is 20.2 Å². The van der Waals surface area contributed by atoms with Crippen LogP contribution in [-0.4, -0.2) is 44.3 Å². The molecule has 0 spiro atoms. The summed E-state index contributed by atoms with van der Waals surface area (Å²) in [5.74, 6) is 0.00261. The van der Waals surface area contributed by atoms with Crippen LogP contribution in [0.5, 0.6) is 0 Å². The lowest BCUT2D eigenvalue weighted by atomic mass is 9.84. The minimum Gasteiger partial charge on any atom is -0.399 e. The summed E-state index contributed by atoms with van der Waals surface area (Å²) >= 11 is 0. The SMILES string of the molecule is CNC(=O)/C(=N/OC)c1ccccc1CO/N=C(C)/C(=N/OC)C1CCCCC1. The van der Waals surface area contributed by atoms with Gasteiger partial charge in [0, 0.05) is 24.1 Å². The molecule has 0 heterocycles. The normalized spacial score (nSPS) is 16.3. The first-order valence-electron chi connectivity index (χ1n) is 9.81. The molecular formula is C21H30N4O4. The smallest absolute Gasteiger partial charge is 0.273 e. The van der Waals surface area contributed by atoms with Crippen LogP contribution in [0.3, 0.4) is 0 Å². The fraction of sp³-hybridized carbons (Fsp3) is 0.524. The number of oxime groups is 3. The number of hydrogen-bond donors (Lipinski definition) is 1. The van der Waals surface area contributed by atoms with Gasteiger partial charge in [0.25, 0.3) is 5.91 Å². The van der Waals surface area contributed by atoms with E-state index in [9.17, 15) is 4.79 Å². The molecule has 8 nitrogen and oxygen atoms in total. The highest BCUT2D eigenvalue weighted by Crippen LogP contribution is 2.25. The van der Waals surface area contributed by atoms with Crippen molar-refractivity contribution in [1.82, 2.24) is 5.32 Å². The van der Waals surface area contributed by atoms with Crippen LogP contribution in [0.4, 0.5) is 0 Å². The zero-order valence-corrected chi connectivity index (χ0v) is 17.6. The number of benzene rings is 1. The molecule has 0 saturated heterocycles. The number of likely N-dealkylation sites (N-methyl/N-ethyl adjacent to an activating group) is 1. The number of carbonyl (C=O) groups excluding carboxylic acids is 1. The lowest BCUT2D eigenvalue weighted by molar-refractivity contribution is -0.114. The first-order valence-corrected chi connectivity index (χ1v) is 9.81. The van der Waals surface area contributed by atoms with Gasteiger partial charge in [0.2, 0.25) is 0 Å². The zero-order valence-electron chi connectivity index (χ0n) is 17.6. The molecule has 0 unspecified atom stereocenters. The summed E-state index contributed by atoms with van der Waals surface area (Å²) in [6, 6.07) is 7.35. The van der Waals surface area contributed by atoms with Crippen molar-refractivity contribution in [2.75, 3.05) is 21.3 Å². The van der Waals surface area contributed by atoms with Gasteiger partial charge in [-0.25, -0.2) is 0 Å². The molecule has 0 bridgehead atoms. The van der Waals surface area contributed by atoms with Gasteiger partial charge in [0.1, 0.15) is 32.2 Å². The van der Waals surface area contributed by atoms with E-state index in [-0.39, 0.29) is 18.2 Å². The highest BCUT2D eigenvalue weighted by atomic mass is 16.6. The molecular weight excluding hydrogens is 372 g/mol. The highest BCUT2D eigenvalue weighted by Gasteiger charge is 2.23. The van der Waals surface area contributed by atoms with E-state index >= 15 is 0 Å². The number of nitrogens with zero attached hydrogens (tertiary/aromatic N) is 3. The van der Waals surface area contributed by atoms with Crippen molar-refractivity contribution in [3.8, 4) is 0 Å². The third kappa shape index (κ3) is 6.30. The molecule has 0 atom stereocenters. The second kappa shape index (κ2) is 11.8. The summed E-state index contributed by atoms with van der Waals surface area (Å²) in [7, 11) is 4.49. The van der Waals surface area contributed by atoms with Crippen LogP contribution in [0.25, 0.3) is 0 Å². The molecule has 1 N–H and O–H groups in total. The van der Waals surface area contributed by atoms with E-state index in [2.05, 4.69) is 20.8 Å². The largest absolute Gasteiger partial charge is 0.399 e. The third-order valence-corrected chi connectivity index (χ3v) is 4.87. The van der Waals surface area contributed by atoms with E-state index in [1.807, 2.05) is 25.1 Å². The second-order valence-corrected chi connectivity index (χ2v) is 6.80. The van der Waals surface area contributed by atoms with Gasteiger partial charge in [-0.15, -0.1) is 0 Å². The number of carbonyl (C=O) groups is 1. The minimum atomic E-state index is -0.342. The van der Waals surface area contributed by atoms with Gasteiger partial charge in [0.15, 0.2) is 5.71 Å². The molecule has 1 aromatic carbocycles. The van der Waals surface area contributed by atoms with Crippen LogP contribution >= 0.6 is 0 Å². The Morgan fingerprint density at radius 1 is 1.07 bits per heavy atom. The van der Waals surface area contributed by atoms with Gasteiger partial charge in [-0.1, -0.05) is 59.0 Å². The summed E-state index contributed by atoms with van der Waals surface area (Å²) in [5.41, 5.74) is 3.12. The maximum Gasteiger partial charge on any atom is 0.273 e. The monoisotopic (exact) mass is 402 g/mol. The van der Waals surface area contributed by atoms with Crippen LogP contribution in [0.1, 0.15) is 50.2 Å². The van der Waals surface area contributed by atoms with Crippen molar-refractivity contribution in [3.63, 3.8) is 0 Å². The molecule has 1 aromatic rings. The lowest BCUT2D eigenvalue weighted by Crippen LogP contribution is -2.29. The first-order chi connectivity index (χ1) is 14.1. The second-order valence-electron chi connectivity index (χ2n) is 6.80. The topological polar surface area (TPSA) is 93.9 Å². The van der Waals surface area contributed by atoms with Crippen LogP contribution in [0.15, 0.2) is 39.7 Å². The van der Waals surface area contributed by atoms with Crippen molar-refractivity contribution in [1.29, 1.82) is 0 Å². The summed E-state index contributed by atoms with van der Waals surface area (Å²) < 4.78 is 0.